The lowest BCUT2D eigenvalue weighted by molar-refractivity contribution is -0.347. The first-order chi connectivity index (χ1) is 22.4. The lowest BCUT2D eigenvalue weighted by Gasteiger charge is -2.34. The third kappa shape index (κ3) is 8.17. The van der Waals surface area contributed by atoms with Crippen LogP contribution in [0.2, 0.25) is 0 Å². The van der Waals surface area contributed by atoms with Crippen LogP contribution in [0.3, 0.4) is 0 Å². The number of aromatic nitrogens is 4. The first-order valence-electron chi connectivity index (χ1n) is 13.4. The number of carbonyl (C=O) groups is 1. The summed E-state index contributed by atoms with van der Waals surface area (Å²) in [6.45, 7) is -2.26. The number of allylic oxidation sites excluding steroid dienone is 1. The first-order valence-corrected chi connectivity index (χ1v) is 17.8. The molecule has 1 amide bonds. The molecular formula is C21H26N7O17P3-4. The molecule has 2 fully saturated rings. The predicted octanol–water partition coefficient (Wildman–Crippen LogP) is -5.10. The topological polar surface area (TPSA) is 375 Å². The van der Waals surface area contributed by atoms with Crippen molar-refractivity contribution in [3.05, 3.63) is 36.7 Å². The number of phosphoric acid groups is 3. The van der Waals surface area contributed by atoms with Crippen LogP contribution in [0.4, 0.5) is 5.82 Å². The molecule has 0 aromatic carbocycles. The first kappa shape index (κ1) is 36.5. The normalized spacial score (nSPS) is 31.9. The van der Waals surface area contributed by atoms with Crippen LogP contribution in [0.15, 0.2) is 36.7 Å². The number of aliphatic hydroxyl groups is 3. The van der Waals surface area contributed by atoms with Crippen molar-refractivity contribution in [3.63, 3.8) is 0 Å². The number of primary amides is 1. The van der Waals surface area contributed by atoms with E-state index in [1.54, 1.807) is 0 Å². The van der Waals surface area contributed by atoms with Gasteiger partial charge in [0.25, 0.3) is 15.6 Å². The molecule has 0 spiro atoms. The largest absolute Gasteiger partial charge is 0.790 e. The molecule has 5 heterocycles. The van der Waals surface area contributed by atoms with Crippen LogP contribution in [0.1, 0.15) is 12.6 Å². The molecule has 266 valence electrons. The number of phosphoric ester groups is 3. The van der Waals surface area contributed by atoms with Gasteiger partial charge < -0.3 is 78.9 Å². The molecule has 5 rings (SSSR count). The maximum absolute atomic E-state index is 12.4. The number of imidazole rings is 1. The van der Waals surface area contributed by atoms with Gasteiger partial charge in [0.15, 0.2) is 23.9 Å². The van der Waals surface area contributed by atoms with Crippen LogP contribution < -0.4 is 31.0 Å². The average molecular weight is 741 g/mol. The van der Waals surface area contributed by atoms with Gasteiger partial charge in [-0.1, -0.05) is 6.08 Å². The molecule has 24 nitrogen and oxygen atoms in total. The highest BCUT2D eigenvalue weighted by Crippen LogP contribution is 2.56. The summed E-state index contributed by atoms with van der Waals surface area (Å²) in [5.41, 5.74) is 11.1. The van der Waals surface area contributed by atoms with E-state index < -0.39 is 91.7 Å². The number of hydrogen-bond donors (Lipinski definition) is 5. The van der Waals surface area contributed by atoms with E-state index in [2.05, 4.69) is 32.8 Å². The van der Waals surface area contributed by atoms with Gasteiger partial charge in [-0.3, -0.25) is 18.5 Å². The molecule has 48 heavy (non-hydrogen) atoms. The van der Waals surface area contributed by atoms with Crippen molar-refractivity contribution in [1.29, 1.82) is 0 Å². The summed E-state index contributed by atoms with van der Waals surface area (Å²) in [6, 6.07) is 0. The minimum Gasteiger partial charge on any atom is -0.790 e. The van der Waals surface area contributed by atoms with Crippen LogP contribution in [0, 0.1) is 0 Å². The summed E-state index contributed by atoms with van der Waals surface area (Å²) in [4.78, 5) is 71.8. The Morgan fingerprint density at radius 3 is 2.21 bits per heavy atom. The van der Waals surface area contributed by atoms with Crippen molar-refractivity contribution in [3.8, 4) is 0 Å². The number of rotatable bonds is 13. The summed E-state index contributed by atoms with van der Waals surface area (Å²) in [5, 5.41) is 31.4. The zero-order valence-electron chi connectivity index (χ0n) is 23.9. The summed E-state index contributed by atoms with van der Waals surface area (Å²) >= 11 is 0. The number of anilines is 1. The predicted molar refractivity (Wildman–Crippen MR) is 144 cm³/mol. The molecule has 3 aliphatic heterocycles. The molecule has 0 saturated carbocycles. The lowest BCUT2D eigenvalue weighted by Crippen LogP contribution is -2.40. The SMILES string of the molecule is NC(=O)C1=CN([C@H]2O[C@H](COP(=O)([O-])OP(=O)([O-])OC[C@H]3O[C@@H](n4cnc5c(N)ncnc54)[C@H](OP(=O)([O-])[O-])[C@@H]3O)[C@@H](O)[C@H]2O)C=CC1. The Bertz CT molecular complexity index is 1740. The lowest BCUT2D eigenvalue weighted by atomic mass is 10.1. The number of amides is 1. The molecule has 2 saturated heterocycles. The Hall–Kier alpha value is -2.73. The summed E-state index contributed by atoms with van der Waals surface area (Å²) in [7, 11) is -17.4. The maximum atomic E-state index is 12.4. The van der Waals surface area contributed by atoms with Crippen molar-refractivity contribution in [1.82, 2.24) is 24.4 Å². The van der Waals surface area contributed by atoms with Crippen LogP contribution in [-0.2, 0) is 45.8 Å². The van der Waals surface area contributed by atoms with Gasteiger partial charge in [0.1, 0.15) is 48.5 Å². The molecule has 3 aliphatic rings. The molecule has 2 unspecified atom stereocenters. The number of ether oxygens (including phenoxy) is 2. The van der Waals surface area contributed by atoms with Crippen LogP contribution >= 0.6 is 23.5 Å². The second-order valence-electron chi connectivity index (χ2n) is 10.3. The van der Waals surface area contributed by atoms with Crippen LogP contribution in [0.25, 0.3) is 11.2 Å². The highest BCUT2D eigenvalue weighted by Gasteiger charge is 2.48. The zero-order chi connectivity index (χ0) is 35.2. The van der Waals surface area contributed by atoms with Gasteiger partial charge in [0, 0.05) is 18.0 Å². The highest BCUT2D eigenvalue weighted by molar-refractivity contribution is 7.59. The van der Waals surface area contributed by atoms with E-state index in [1.165, 1.54) is 23.4 Å². The van der Waals surface area contributed by atoms with E-state index in [-0.39, 0.29) is 29.0 Å². The van der Waals surface area contributed by atoms with Gasteiger partial charge >= 0.3 is 0 Å². The van der Waals surface area contributed by atoms with Crippen molar-refractivity contribution in [2.24, 2.45) is 5.73 Å². The van der Waals surface area contributed by atoms with Crippen molar-refractivity contribution < 1.29 is 80.7 Å². The number of hydrogen-bond acceptors (Lipinski definition) is 22. The van der Waals surface area contributed by atoms with E-state index in [0.717, 1.165) is 17.2 Å². The van der Waals surface area contributed by atoms with E-state index in [0.29, 0.717) is 0 Å². The number of fused-ring (bicyclic) bond motifs is 1. The van der Waals surface area contributed by atoms with E-state index in [1.807, 2.05) is 0 Å². The van der Waals surface area contributed by atoms with E-state index >= 15 is 0 Å². The Morgan fingerprint density at radius 1 is 0.958 bits per heavy atom. The van der Waals surface area contributed by atoms with Gasteiger partial charge in [-0.25, -0.2) is 19.3 Å². The molecule has 27 heteroatoms. The average Bonchev–Trinajstić information content (AvgIpc) is 3.64. The molecule has 0 aliphatic carbocycles. The van der Waals surface area contributed by atoms with Crippen LogP contribution in [-0.4, -0.2) is 102 Å². The summed E-state index contributed by atoms with van der Waals surface area (Å²) in [6.07, 6.45) is -7.38. The fourth-order valence-electron chi connectivity index (χ4n) is 4.91. The summed E-state index contributed by atoms with van der Waals surface area (Å²) in [5.74, 6) is -0.849. The molecule has 2 aromatic heterocycles. The molecule has 10 atom stereocenters. The van der Waals surface area contributed by atoms with Crippen LogP contribution in [0.5, 0.6) is 0 Å². The number of nitrogen functional groups attached to an aromatic ring is 1. The Morgan fingerprint density at radius 2 is 1.58 bits per heavy atom. The second-order valence-corrected chi connectivity index (χ2v) is 14.4. The minimum absolute atomic E-state index is 0.0167. The summed E-state index contributed by atoms with van der Waals surface area (Å²) < 4.78 is 65.6. The monoisotopic (exact) mass is 741 g/mol. The Kier molecular flexibility index (Phi) is 10.6. The van der Waals surface area contributed by atoms with Gasteiger partial charge in [-0.15, -0.1) is 0 Å². The number of aliphatic hydroxyl groups excluding tert-OH is 3. The smallest absolute Gasteiger partial charge is 0.274 e. The van der Waals surface area contributed by atoms with Crippen molar-refractivity contribution in [2.75, 3.05) is 18.9 Å². The molecule has 0 radical (unpaired) electrons. The van der Waals surface area contributed by atoms with E-state index in [9.17, 15) is 53.4 Å². The van der Waals surface area contributed by atoms with Gasteiger partial charge in [0.2, 0.25) is 5.91 Å². The second kappa shape index (κ2) is 13.9. The quantitative estimate of drug-likeness (QED) is 0.120. The minimum atomic E-state index is -5.86. The third-order valence-electron chi connectivity index (χ3n) is 7.09. The molecular weight excluding hydrogens is 715 g/mol. The van der Waals surface area contributed by atoms with Crippen molar-refractivity contribution >= 4 is 46.4 Å². The Balaban J connectivity index is 1.20. The molecule has 0 bridgehead atoms. The number of nitrogens with two attached hydrogens (primary N) is 2. The van der Waals surface area contributed by atoms with Gasteiger partial charge in [0.05, 0.1) is 27.4 Å². The number of nitrogens with zero attached hydrogens (tertiary/aromatic N) is 5. The Labute approximate surface area is 268 Å². The standard InChI is InChI=1S/C21H30N7O17P3/c22-17-12-19(25-7-24-17)28(8-26-12)21-16(44-46(33,34)35)14(30)11(43-21)6-41-48(38,39)45-47(36,37)40-5-10-13(29)15(31)20(42-10)27-3-1-2-9(4-27)18(23)32/h1,3-4,7-8,10-11,13-16,20-21,29-31H,2,5-6H2,(H2,23,32)(H,36,37)(H,38,39)(H2,22,24,25)(H2,33,34,35)/p-4/t10-,11-,13-,14-,15-,16-,20+,21-/m1/s1. The fourth-order valence-corrected chi connectivity index (χ4v) is 7.45. The zero-order valence-corrected chi connectivity index (χ0v) is 26.6. The molecule has 7 N–H and O–H groups in total. The fraction of sp³-hybridized carbons (Fsp3) is 0.524. The molecule has 2 aromatic rings. The highest BCUT2D eigenvalue weighted by atomic mass is 31.3. The van der Waals surface area contributed by atoms with Gasteiger partial charge in [-0.2, -0.15) is 0 Å². The third-order valence-corrected chi connectivity index (χ3v) is 10.1. The van der Waals surface area contributed by atoms with Gasteiger partial charge in [-0.05, 0) is 6.42 Å². The van der Waals surface area contributed by atoms with E-state index in [4.69, 9.17) is 20.9 Å². The maximum Gasteiger partial charge on any atom is 0.274 e. The number of carbonyl (C=O) groups excluding carboxylic acids is 1. The van der Waals surface area contributed by atoms with Crippen molar-refractivity contribution in [2.45, 2.75) is 55.5 Å².